The molecule has 1 atom stereocenters. The molecule has 1 nitrogen and oxygen atoms in total. The van der Waals surface area contributed by atoms with E-state index < -0.39 is 5.41 Å². The molecular weight excluding hydrogens is 600 g/mol. The maximum Gasteiger partial charge on any atom is 0.123 e. The lowest BCUT2D eigenvalue weighted by molar-refractivity contribution is 0.422. The Balaban J connectivity index is 2.38. The van der Waals surface area contributed by atoms with Crippen LogP contribution in [-0.2, 0) is 27.1 Å². The summed E-state index contributed by atoms with van der Waals surface area (Å²) in [5.41, 5.74) is 9.57. The van der Waals surface area contributed by atoms with Gasteiger partial charge in [-0.25, -0.2) is 0 Å². The highest BCUT2D eigenvalue weighted by Crippen LogP contribution is 2.51. The topological polar surface area (TPSA) is 20.2 Å². The molecule has 0 aliphatic carbocycles. The molecule has 0 saturated carbocycles. The van der Waals surface area contributed by atoms with Crippen molar-refractivity contribution in [3.8, 4) is 5.75 Å². The lowest BCUT2D eigenvalue weighted by atomic mass is 9.61. The maximum absolute atomic E-state index is 11.8. The summed E-state index contributed by atoms with van der Waals surface area (Å²) in [6.07, 6.45) is 0. The molecule has 0 aliphatic heterocycles. The van der Waals surface area contributed by atoms with Crippen molar-refractivity contribution in [1.82, 2.24) is 0 Å². The van der Waals surface area contributed by atoms with Crippen molar-refractivity contribution in [2.45, 2.75) is 117 Å². The number of phenols is 1. The molecule has 234 valence electrons. The second-order valence-electron chi connectivity index (χ2n) is 16.7. The van der Waals surface area contributed by atoms with E-state index in [0.717, 1.165) is 15.6 Å². The number of rotatable bonds is 4. The number of benzene rings is 4. The summed E-state index contributed by atoms with van der Waals surface area (Å²) in [5.74, 6) is 0.404. The van der Waals surface area contributed by atoms with E-state index in [-0.39, 0.29) is 21.7 Å². The van der Waals surface area contributed by atoms with Gasteiger partial charge in [0, 0.05) is 4.47 Å². The van der Waals surface area contributed by atoms with Crippen LogP contribution in [0.2, 0.25) is 0 Å². The van der Waals surface area contributed by atoms with Gasteiger partial charge in [-0.15, -0.1) is 0 Å². The predicted octanol–water partition coefficient (Wildman–Crippen LogP) is 12.0. The van der Waals surface area contributed by atoms with E-state index in [2.05, 4.69) is 185 Å². The number of phenolic OH excluding ortho intramolecular Hbond substituents is 1. The third kappa shape index (κ3) is 6.30. The molecule has 1 N–H and O–H groups in total. The normalized spacial score (nSPS) is 14.4. The van der Waals surface area contributed by atoms with Crippen LogP contribution in [0.3, 0.4) is 0 Å². The molecule has 0 bridgehead atoms. The molecule has 4 aromatic rings. The Kier molecular flexibility index (Phi) is 8.90. The molecule has 0 aromatic heterocycles. The summed E-state index contributed by atoms with van der Waals surface area (Å²) in [6.45, 7) is 29.4. The van der Waals surface area contributed by atoms with Gasteiger partial charge in [-0.3, -0.25) is 0 Å². The zero-order chi connectivity index (χ0) is 33.0. The van der Waals surface area contributed by atoms with E-state index in [1.165, 1.54) is 38.9 Å². The number of aromatic hydroxyl groups is 1. The summed E-state index contributed by atoms with van der Waals surface area (Å²) < 4.78 is 1.05. The second kappa shape index (κ2) is 11.5. The van der Waals surface area contributed by atoms with Gasteiger partial charge in [0.05, 0.1) is 5.41 Å². The summed E-state index contributed by atoms with van der Waals surface area (Å²) >= 11 is 3.72. The lowest BCUT2D eigenvalue weighted by Crippen LogP contribution is -2.34. The molecule has 4 aromatic carbocycles. The van der Waals surface area contributed by atoms with Crippen LogP contribution >= 0.6 is 15.9 Å². The van der Waals surface area contributed by atoms with Gasteiger partial charge < -0.3 is 5.11 Å². The Labute approximate surface area is 276 Å². The molecule has 0 heterocycles. The lowest BCUT2D eigenvalue weighted by Gasteiger charge is -2.41. The first-order chi connectivity index (χ1) is 20.1. The molecule has 0 spiro atoms. The Morgan fingerprint density at radius 1 is 0.455 bits per heavy atom. The Morgan fingerprint density at radius 2 is 0.795 bits per heavy atom. The van der Waals surface area contributed by atoms with Crippen LogP contribution < -0.4 is 0 Å². The van der Waals surface area contributed by atoms with E-state index in [1.807, 2.05) is 0 Å². The third-order valence-electron chi connectivity index (χ3n) is 9.10. The fourth-order valence-corrected chi connectivity index (χ4v) is 7.14. The van der Waals surface area contributed by atoms with E-state index in [9.17, 15) is 5.11 Å². The van der Waals surface area contributed by atoms with Crippen molar-refractivity contribution in [3.63, 3.8) is 0 Å². The predicted molar refractivity (Wildman–Crippen MR) is 194 cm³/mol. The molecular formula is C42H53BrO. The highest BCUT2D eigenvalue weighted by molar-refractivity contribution is 9.10. The standard InChI is InChI=1S/C42H53BrO/c1-27-33(38(2,3)4)23-30(24-34(27)39(5,6)7)42(28-17-15-14-16-18-28,29-19-21-32(43)22-20-29)31-25-35(40(8,9)10)37(44)36(26-31)41(11,12)13/h14-26,44H,1-13H3. The van der Waals surface area contributed by atoms with Crippen LogP contribution in [0.4, 0.5) is 0 Å². The van der Waals surface area contributed by atoms with Gasteiger partial charge >= 0.3 is 0 Å². The first kappa shape index (κ1) is 34.0. The summed E-state index contributed by atoms with van der Waals surface area (Å²) in [6, 6.07) is 29.3. The summed E-state index contributed by atoms with van der Waals surface area (Å²) in [7, 11) is 0. The van der Waals surface area contributed by atoms with Crippen molar-refractivity contribution in [2.24, 2.45) is 0 Å². The average molecular weight is 654 g/mol. The van der Waals surface area contributed by atoms with Crippen molar-refractivity contribution in [1.29, 1.82) is 0 Å². The Bertz CT molecular complexity index is 1480. The van der Waals surface area contributed by atoms with Crippen molar-refractivity contribution in [2.75, 3.05) is 0 Å². The minimum absolute atomic E-state index is 0.0513. The van der Waals surface area contributed by atoms with Gasteiger partial charge in [-0.2, -0.15) is 0 Å². The van der Waals surface area contributed by atoms with Crippen LogP contribution in [0.5, 0.6) is 5.75 Å². The van der Waals surface area contributed by atoms with Crippen LogP contribution in [0.15, 0.2) is 83.3 Å². The van der Waals surface area contributed by atoms with Crippen LogP contribution in [0, 0.1) is 6.92 Å². The summed E-state index contributed by atoms with van der Waals surface area (Å²) in [4.78, 5) is 0. The molecule has 0 aliphatic rings. The van der Waals surface area contributed by atoms with Gasteiger partial charge in [0.2, 0.25) is 0 Å². The first-order valence-corrected chi connectivity index (χ1v) is 16.7. The first-order valence-electron chi connectivity index (χ1n) is 16.0. The van der Waals surface area contributed by atoms with E-state index in [0.29, 0.717) is 5.75 Å². The van der Waals surface area contributed by atoms with Crippen molar-refractivity contribution in [3.05, 3.63) is 133 Å². The molecule has 4 rings (SSSR count). The van der Waals surface area contributed by atoms with Crippen LogP contribution in [-0.4, -0.2) is 5.11 Å². The highest BCUT2D eigenvalue weighted by Gasteiger charge is 2.42. The SMILES string of the molecule is Cc1c(C(C)(C)C)cc(C(c2ccccc2)(c2ccc(Br)cc2)c2cc(C(C)(C)C)c(O)c(C(C)(C)C)c2)cc1C(C)(C)C. The molecule has 2 heteroatoms. The Hall–Kier alpha value is -2.84. The largest absolute Gasteiger partial charge is 0.507 e. The Morgan fingerprint density at radius 3 is 1.16 bits per heavy atom. The fourth-order valence-electron chi connectivity index (χ4n) is 6.87. The summed E-state index contributed by atoms with van der Waals surface area (Å²) in [5, 5.41) is 11.8. The number of halogens is 1. The van der Waals surface area contributed by atoms with Gasteiger partial charge in [-0.1, -0.05) is 154 Å². The molecule has 0 amide bonds. The van der Waals surface area contributed by atoms with E-state index in [4.69, 9.17) is 0 Å². The van der Waals surface area contributed by atoms with Gasteiger partial charge in [0.1, 0.15) is 5.75 Å². The van der Waals surface area contributed by atoms with Crippen LogP contribution in [0.1, 0.15) is 133 Å². The van der Waals surface area contributed by atoms with Crippen molar-refractivity contribution < 1.29 is 5.11 Å². The average Bonchev–Trinajstić information content (AvgIpc) is 2.89. The minimum atomic E-state index is -0.649. The maximum atomic E-state index is 11.8. The number of hydrogen-bond donors (Lipinski definition) is 1. The van der Waals surface area contributed by atoms with Crippen LogP contribution in [0.25, 0.3) is 0 Å². The smallest absolute Gasteiger partial charge is 0.123 e. The molecule has 0 fully saturated rings. The fraction of sp³-hybridized carbons (Fsp3) is 0.429. The minimum Gasteiger partial charge on any atom is -0.507 e. The van der Waals surface area contributed by atoms with Gasteiger partial charge in [0.15, 0.2) is 0 Å². The third-order valence-corrected chi connectivity index (χ3v) is 9.63. The molecule has 0 radical (unpaired) electrons. The monoisotopic (exact) mass is 652 g/mol. The van der Waals surface area contributed by atoms with Gasteiger partial charge in [-0.05, 0) is 103 Å². The van der Waals surface area contributed by atoms with E-state index >= 15 is 0 Å². The highest BCUT2D eigenvalue weighted by atomic mass is 79.9. The second-order valence-corrected chi connectivity index (χ2v) is 17.7. The van der Waals surface area contributed by atoms with Crippen molar-refractivity contribution >= 4 is 15.9 Å². The van der Waals surface area contributed by atoms with E-state index in [1.54, 1.807) is 0 Å². The molecule has 44 heavy (non-hydrogen) atoms. The quantitative estimate of drug-likeness (QED) is 0.217. The zero-order valence-electron chi connectivity index (χ0n) is 29.3. The zero-order valence-corrected chi connectivity index (χ0v) is 30.9. The molecule has 0 saturated heterocycles. The number of hydrogen-bond acceptors (Lipinski definition) is 1. The van der Waals surface area contributed by atoms with Gasteiger partial charge in [0.25, 0.3) is 0 Å². The molecule has 1 unspecified atom stereocenters.